The molecule has 1 unspecified atom stereocenters. The Kier molecular flexibility index (Phi) is 3.91. The molecule has 5 heteroatoms. The van der Waals surface area contributed by atoms with Crippen molar-refractivity contribution in [3.8, 4) is 11.8 Å². The highest BCUT2D eigenvalue weighted by Gasteiger charge is 2.48. The van der Waals surface area contributed by atoms with E-state index in [4.69, 9.17) is 4.74 Å². The van der Waals surface area contributed by atoms with Crippen LogP contribution in [-0.4, -0.2) is 24.5 Å². The SMILES string of the molecule is COc1ccc(F)c2c1C(=O)N(CC1(c3ccccc3)CCC1)C2C#N. The molecular formula is C21H19FN2O2. The van der Waals surface area contributed by atoms with E-state index in [0.717, 1.165) is 19.3 Å². The lowest BCUT2D eigenvalue weighted by atomic mass is 9.64. The lowest BCUT2D eigenvalue weighted by Crippen LogP contribution is -2.46. The summed E-state index contributed by atoms with van der Waals surface area (Å²) in [5.41, 5.74) is 1.32. The first-order chi connectivity index (χ1) is 12.6. The smallest absolute Gasteiger partial charge is 0.259 e. The van der Waals surface area contributed by atoms with Crippen molar-refractivity contribution in [2.24, 2.45) is 0 Å². The van der Waals surface area contributed by atoms with Crippen molar-refractivity contribution in [3.63, 3.8) is 0 Å². The largest absolute Gasteiger partial charge is 0.496 e. The van der Waals surface area contributed by atoms with E-state index >= 15 is 0 Å². The molecule has 26 heavy (non-hydrogen) atoms. The number of methoxy groups -OCH3 is 1. The fourth-order valence-electron chi connectivity index (χ4n) is 4.21. The third kappa shape index (κ3) is 2.29. The summed E-state index contributed by atoms with van der Waals surface area (Å²) in [6.07, 6.45) is 2.99. The Balaban J connectivity index is 1.75. The zero-order valence-electron chi connectivity index (χ0n) is 14.5. The summed E-state index contributed by atoms with van der Waals surface area (Å²) in [5.74, 6) is -0.549. The first-order valence-electron chi connectivity index (χ1n) is 8.74. The topological polar surface area (TPSA) is 53.3 Å². The van der Waals surface area contributed by atoms with Crippen molar-refractivity contribution < 1.29 is 13.9 Å². The number of nitrogens with zero attached hydrogens (tertiary/aromatic N) is 2. The van der Waals surface area contributed by atoms with E-state index < -0.39 is 11.9 Å². The molecule has 1 aliphatic carbocycles. The summed E-state index contributed by atoms with van der Waals surface area (Å²) in [7, 11) is 1.45. The minimum absolute atomic E-state index is 0.138. The van der Waals surface area contributed by atoms with Gasteiger partial charge in [0.1, 0.15) is 17.6 Å². The molecule has 1 aliphatic heterocycles. The van der Waals surface area contributed by atoms with Gasteiger partial charge in [-0.25, -0.2) is 4.39 Å². The molecule has 1 fully saturated rings. The fourth-order valence-corrected chi connectivity index (χ4v) is 4.21. The maximum atomic E-state index is 14.5. The minimum Gasteiger partial charge on any atom is -0.496 e. The number of ether oxygens (including phenoxy) is 1. The van der Waals surface area contributed by atoms with Gasteiger partial charge in [-0.2, -0.15) is 5.26 Å². The summed E-state index contributed by atoms with van der Waals surface area (Å²) in [4.78, 5) is 14.6. The predicted molar refractivity (Wildman–Crippen MR) is 94.3 cm³/mol. The van der Waals surface area contributed by atoms with E-state index in [1.165, 1.54) is 29.7 Å². The second-order valence-electron chi connectivity index (χ2n) is 7.00. The molecule has 0 saturated heterocycles. The molecule has 1 saturated carbocycles. The van der Waals surface area contributed by atoms with Crippen LogP contribution in [0.1, 0.15) is 46.8 Å². The Morgan fingerprint density at radius 1 is 1.27 bits per heavy atom. The number of halogens is 1. The van der Waals surface area contributed by atoms with Gasteiger partial charge in [0.2, 0.25) is 0 Å². The van der Waals surface area contributed by atoms with Crippen LogP contribution >= 0.6 is 0 Å². The first-order valence-corrected chi connectivity index (χ1v) is 8.74. The molecule has 4 nitrogen and oxygen atoms in total. The van der Waals surface area contributed by atoms with Crippen LogP contribution in [0.25, 0.3) is 0 Å². The van der Waals surface area contributed by atoms with Gasteiger partial charge in [0.05, 0.1) is 18.7 Å². The number of nitriles is 1. The molecule has 0 spiro atoms. The summed E-state index contributed by atoms with van der Waals surface area (Å²) >= 11 is 0. The number of rotatable bonds is 4. The third-order valence-electron chi connectivity index (χ3n) is 5.73. The summed E-state index contributed by atoms with van der Waals surface area (Å²) in [6.45, 7) is 0.408. The van der Waals surface area contributed by atoms with Crippen molar-refractivity contribution >= 4 is 5.91 Å². The van der Waals surface area contributed by atoms with Gasteiger partial charge in [-0.05, 0) is 30.5 Å². The molecule has 1 atom stereocenters. The number of hydrogen-bond donors (Lipinski definition) is 0. The van der Waals surface area contributed by atoms with Gasteiger partial charge in [0, 0.05) is 17.5 Å². The molecule has 0 N–H and O–H groups in total. The highest BCUT2D eigenvalue weighted by molar-refractivity contribution is 6.02. The monoisotopic (exact) mass is 350 g/mol. The van der Waals surface area contributed by atoms with Crippen molar-refractivity contribution in [1.82, 2.24) is 4.90 Å². The molecule has 2 aliphatic rings. The Morgan fingerprint density at radius 3 is 2.58 bits per heavy atom. The maximum absolute atomic E-state index is 14.5. The zero-order chi connectivity index (χ0) is 18.3. The molecular weight excluding hydrogens is 331 g/mol. The molecule has 0 aromatic heterocycles. The van der Waals surface area contributed by atoms with E-state index in [9.17, 15) is 14.4 Å². The van der Waals surface area contributed by atoms with E-state index in [0.29, 0.717) is 12.3 Å². The summed E-state index contributed by atoms with van der Waals surface area (Å²) in [5, 5.41) is 9.70. The van der Waals surface area contributed by atoms with E-state index in [1.54, 1.807) is 0 Å². The van der Waals surface area contributed by atoms with Gasteiger partial charge in [-0.15, -0.1) is 0 Å². The number of amides is 1. The lowest BCUT2D eigenvalue weighted by Gasteiger charge is -2.45. The molecule has 132 valence electrons. The molecule has 2 aromatic rings. The summed E-state index contributed by atoms with van der Waals surface area (Å²) in [6, 6.07) is 14.0. The average molecular weight is 350 g/mol. The number of benzene rings is 2. The van der Waals surface area contributed by atoms with Gasteiger partial charge < -0.3 is 9.64 Å². The van der Waals surface area contributed by atoms with Crippen LogP contribution in [0.5, 0.6) is 5.75 Å². The normalized spacial score (nSPS) is 20.3. The second-order valence-corrected chi connectivity index (χ2v) is 7.00. The van der Waals surface area contributed by atoms with Crippen LogP contribution in [0.3, 0.4) is 0 Å². The Labute approximate surface area is 151 Å². The highest BCUT2D eigenvalue weighted by Crippen LogP contribution is 2.48. The maximum Gasteiger partial charge on any atom is 0.259 e. The van der Waals surface area contributed by atoms with E-state index in [2.05, 4.69) is 18.2 Å². The highest BCUT2D eigenvalue weighted by atomic mass is 19.1. The minimum atomic E-state index is -0.922. The first kappa shape index (κ1) is 16.6. The van der Waals surface area contributed by atoms with E-state index in [-0.39, 0.29) is 22.4 Å². The fraction of sp³-hybridized carbons (Fsp3) is 0.333. The summed E-state index contributed by atoms with van der Waals surface area (Å²) < 4.78 is 19.7. The second kappa shape index (κ2) is 6.14. The van der Waals surface area contributed by atoms with Crippen LogP contribution < -0.4 is 4.74 Å². The standard InChI is InChI=1S/C21H19FN2O2/c1-26-17-9-8-15(22)18-16(12-23)24(20(25)19(17)18)13-21(10-5-11-21)14-6-3-2-4-7-14/h2-4,6-9,16H,5,10-11,13H2,1H3. The third-order valence-corrected chi connectivity index (χ3v) is 5.73. The van der Waals surface area contributed by atoms with Crippen LogP contribution in [0.2, 0.25) is 0 Å². The quantitative estimate of drug-likeness (QED) is 0.838. The number of carbonyl (C=O) groups excluding carboxylic acids is 1. The van der Waals surface area contributed by atoms with Crippen LogP contribution in [0, 0.1) is 17.1 Å². The number of fused-ring (bicyclic) bond motifs is 1. The van der Waals surface area contributed by atoms with E-state index in [1.807, 2.05) is 18.2 Å². The van der Waals surface area contributed by atoms with Gasteiger partial charge in [-0.3, -0.25) is 4.79 Å². The van der Waals surface area contributed by atoms with Crippen molar-refractivity contribution in [1.29, 1.82) is 5.26 Å². The van der Waals surface area contributed by atoms with Crippen molar-refractivity contribution in [3.05, 3.63) is 65.0 Å². The molecule has 1 amide bonds. The molecule has 2 aromatic carbocycles. The molecule has 0 bridgehead atoms. The average Bonchev–Trinajstić information content (AvgIpc) is 2.92. The lowest BCUT2D eigenvalue weighted by molar-refractivity contribution is 0.0642. The molecule has 1 heterocycles. The molecule has 4 rings (SSSR count). The molecule has 0 radical (unpaired) electrons. The van der Waals surface area contributed by atoms with Crippen molar-refractivity contribution in [2.75, 3.05) is 13.7 Å². The van der Waals surface area contributed by atoms with Gasteiger partial charge in [0.25, 0.3) is 5.91 Å². The zero-order valence-corrected chi connectivity index (χ0v) is 14.5. The Morgan fingerprint density at radius 2 is 2.00 bits per heavy atom. The Bertz CT molecular complexity index is 900. The van der Waals surface area contributed by atoms with Gasteiger partial charge >= 0.3 is 0 Å². The van der Waals surface area contributed by atoms with Gasteiger partial charge in [0.15, 0.2) is 0 Å². The van der Waals surface area contributed by atoms with Crippen LogP contribution in [0.15, 0.2) is 42.5 Å². The van der Waals surface area contributed by atoms with Crippen LogP contribution in [-0.2, 0) is 5.41 Å². The predicted octanol–water partition coefficient (Wildman–Crippen LogP) is 3.98. The number of hydrogen-bond acceptors (Lipinski definition) is 3. The number of carbonyl (C=O) groups is 1. The van der Waals surface area contributed by atoms with Gasteiger partial charge in [-0.1, -0.05) is 36.8 Å². The Hall–Kier alpha value is -2.87. The van der Waals surface area contributed by atoms with Crippen molar-refractivity contribution in [2.45, 2.75) is 30.7 Å². The van der Waals surface area contributed by atoms with Crippen LogP contribution in [0.4, 0.5) is 4.39 Å².